The second-order valence-electron chi connectivity index (χ2n) is 9.15. The number of likely N-dealkylation sites (tertiary alicyclic amines) is 1. The zero-order valence-electron chi connectivity index (χ0n) is 18.3. The van der Waals surface area contributed by atoms with E-state index in [0.29, 0.717) is 18.8 Å². The summed E-state index contributed by atoms with van der Waals surface area (Å²) in [6, 6.07) is 11.9. The molecule has 174 valence electrons. The highest BCUT2D eigenvalue weighted by Crippen LogP contribution is 2.41. The van der Waals surface area contributed by atoms with E-state index < -0.39 is 11.7 Å². The molecule has 3 aromatic rings. The standard InChI is InChI=1S/C25H27F3N4O/c26-25(27,28)19-13-7-16-32-22(19)29-30-23(32)20-14-8-15-31(20)24(33)21(17-9-3-1-4-10-17)18-11-5-2-6-12-18/h1,3-4,7,9-10,13,16,18,20-21H,2,5-6,8,11-12,14-15H2. The van der Waals surface area contributed by atoms with Crippen LogP contribution in [0.1, 0.15) is 73.9 Å². The highest BCUT2D eigenvalue weighted by Gasteiger charge is 2.41. The van der Waals surface area contributed by atoms with Crippen LogP contribution in [0.2, 0.25) is 0 Å². The van der Waals surface area contributed by atoms with Crippen molar-refractivity contribution < 1.29 is 18.0 Å². The van der Waals surface area contributed by atoms with E-state index in [1.165, 1.54) is 16.9 Å². The second-order valence-corrected chi connectivity index (χ2v) is 9.15. The van der Waals surface area contributed by atoms with Crippen molar-refractivity contribution in [2.45, 2.75) is 63.1 Å². The van der Waals surface area contributed by atoms with Gasteiger partial charge in [0.05, 0.1) is 12.0 Å². The van der Waals surface area contributed by atoms with Crippen LogP contribution < -0.4 is 0 Å². The van der Waals surface area contributed by atoms with Gasteiger partial charge < -0.3 is 4.90 Å². The van der Waals surface area contributed by atoms with Gasteiger partial charge in [0.15, 0.2) is 11.5 Å². The molecular weight excluding hydrogens is 429 g/mol. The Labute approximate surface area is 190 Å². The molecule has 1 saturated carbocycles. The van der Waals surface area contributed by atoms with E-state index >= 15 is 0 Å². The van der Waals surface area contributed by atoms with Crippen LogP contribution in [0.15, 0.2) is 48.7 Å². The smallest absolute Gasteiger partial charge is 0.332 e. The van der Waals surface area contributed by atoms with Crippen molar-refractivity contribution in [1.29, 1.82) is 0 Å². The molecule has 2 unspecified atom stereocenters. The first-order valence-electron chi connectivity index (χ1n) is 11.7. The number of amides is 1. The molecule has 1 amide bonds. The molecular formula is C25H27F3N4O. The predicted octanol–water partition coefficient (Wildman–Crippen LogP) is 5.78. The van der Waals surface area contributed by atoms with Gasteiger partial charge in [-0.05, 0) is 49.3 Å². The Morgan fingerprint density at radius 1 is 0.939 bits per heavy atom. The summed E-state index contributed by atoms with van der Waals surface area (Å²) < 4.78 is 41.8. The SMILES string of the molecule is O=C(C(c1ccccc1)C1CCCCC1)N1CCCC1c1nnc2c(C(F)(F)F)cccn12. The molecule has 1 aromatic carbocycles. The molecule has 0 bridgehead atoms. The summed E-state index contributed by atoms with van der Waals surface area (Å²) in [6.07, 6.45) is 3.98. The minimum atomic E-state index is -4.52. The lowest BCUT2D eigenvalue weighted by molar-refractivity contribution is -0.137. The first-order chi connectivity index (χ1) is 15.9. The molecule has 0 N–H and O–H groups in total. The molecule has 2 fully saturated rings. The number of halogens is 3. The number of rotatable bonds is 4. The van der Waals surface area contributed by atoms with Gasteiger partial charge in [-0.25, -0.2) is 0 Å². The zero-order valence-corrected chi connectivity index (χ0v) is 18.3. The largest absolute Gasteiger partial charge is 0.420 e. The summed E-state index contributed by atoms with van der Waals surface area (Å²) in [5.74, 6) is 0.496. The van der Waals surface area contributed by atoms with E-state index in [2.05, 4.69) is 10.2 Å². The van der Waals surface area contributed by atoms with Crippen LogP contribution in [0, 0.1) is 5.92 Å². The maximum atomic E-state index is 14.0. The first kappa shape index (κ1) is 21.9. The van der Waals surface area contributed by atoms with Crippen molar-refractivity contribution in [2.24, 2.45) is 5.92 Å². The van der Waals surface area contributed by atoms with Crippen LogP contribution in [0.4, 0.5) is 13.2 Å². The lowest BCUT2D eigenvalue weighted by Crippen LogP contribution is -2.38. The van der Waals surface area contributed by atoms with Crippen molar-refractivity contribution in [1.82, 2.24) is 19.5 Å². The molecule has 2 aromatic heterocycles. The van der Waals surface area contributed by atoms with Crippen LogP contribution >= 0.6 is 0 Å². The summed E-state index contributed by atoms with van der Waals surface area (Å²) in [4.78, 5) is 15.8. The Morgan fingerprint density at radius 3 is 2.42 bits per heavy atom. The van der Waals surface area contributed by atoms with Gasteiger partial charge in [-0.15, -0.1) is 10.2 Å². The van der Waals surface area contributed by atoms with Gasteiger partial charge in [0.1, 0.15) is 5.56 Å². The number of pyridine rings is 1. The van der Waals surface area contributed by atoms with Gasteiger partial charge in [-0.2, -0.15) is 13.2 Å². The van der Waals surface area contributed by atoms with E-state index in [1.807, 2.05) is 35.2 Å². The number of hydrogen-bond donors (Lipinski definition) is 0. The molecule has 0 radical (unpaired) electrons. The summed E-state index contributed by atoms with van der Waals surface area (Å²) in [5.41, 5.74) is -0.0133. The molecule has 8 heteroatoms. The molecule has 0 spiro atoms. The lowest BCUT2D eigenvalue weighted by Gasteiger charge is -2.34. The minimum absolute atomic E-state index is 0.0549. The van der Waals surface area contributed by atoms with Gasteiger partial charge in [-0.1, -0.05) is 49.6 Å². The lowest BCUT2D eigenvalue weighted by atomic mass is 9.76. The number of benzene rings is 1. The molecule has 2 atom stereocenters. The first-order valence-corrected chi connectivity index (χ1v) is 11.7. The zero-order chi connectivity index (χ0) is 23.0. The van der Waals surface area contributed by atoms with E-state index in [1.54, 1.807) is 6.20 Å². The Hall–Kier alpha value is -2.90. The van der Waals surface area contributed by atoms with E-state index in [0.717, 1.165) is 43.7 Å². The molecule has 5 nitrogen and oxygen atoms in total. The number of carbonyl (C=O) groups excluding carboxylic acids is 1. The van der Waals surface area contributed by atoms with Crippen LogP contribution in [-0.4, -0.2) is 31.9 Å². The number of aromatic nitrogens is 3. The van der Waals surface area contributed by atoms with E-state index in [4.69, 9.17) is 0 Å². The van der Waals surface area contributed by atoms with Gasteiger partial charge in [0, 0.05) is 12.7 Å². The Morgan fingerprint density at radius 2 is 1.70 bits per heavy atom. The topological polar surface area (TPSA) is 50.5 Å². The number of nitrogens with zero attached hydrogens (tertiary/aromatic N) is 4. The van der Waals surface area contributed by atoms with Gasteiger partial charge in [0.2, 0.25) is 5.91 Å². The van der Waals surface area contributed by atoms with Gasteiger partial charge in [0.25, 0.3) is 0 Å². The maximum absolute atomic E-state index is 14.0. The normalized spacial score (nSPS) is 20.9. The molecule has 3 heterocycles. The quantitative estimate of drug-likeness (QED) is 0.500. The third-order valence-corrected chi connectivity index (χ3v) is 7.15. The van der Waals surface area contributed by atoms with Crippen LogP contribution in [0.25, 0.3) is 5.65 Å². The summed E-state index contributed by atoms with van der Waals surface area (Å²) in [7, 11) is 0. The molecule has 5 rings (SSSR count). The maximum Gasteiger partial charge on any atom is 0.420 e. The molecule has 1 aliphatic heterocycles. The van der Waals surface area contributed by atoms with Crippen molar-refractivity contribution in [3.8, 4) is 0 Å². The Balaban J connectivity index is 1.50. The van der Waals surface area contributed by atoms with Crippen LogP contribution in [0.3, 0.4) is 0 Å². The fraction of sp³-hybridized carbons (Fsp3) is 0.480. The second kappa shape index (κ2) is 8.80. The monoisotopic (exact) mass is 456 g/mol. The Bertz CT molecular complexity index is 1120. The number of fused-ring (bicyclic) bond motifs is 1. The third-order valence-electron chi connectivity index (χ3n) is 7.15. The highest BCUT2D eigenvalue weighted by atomic mass is 19.4. The fourth-order valence-electron chi connectivity index (χ4n) is 5.60. The van der Waals surface area contributed by atoms with Crippen molar-refractivity contribution in [3.05, 3.63) is 65.6 Å². The summed E-state index contributed by atoms with van der Waals surface area (Å²) >= 11 is 0. The van der Waals surface area contributed by atoms with E-state index in [9.17, 15) is 18.0 Å². The van der Waals surface area contributed by atoms with Crippen LogP contribution in [-0.2, 0) is 11.0 Å². The number of hydrogen-bond acceptors (Lipinski definition) is 3. The van der Waals surface area contributed by atoms with Crippen molar-refractivity contribution >= 4 is 11.6 Å². The molecule has 33 heavy (non-hydrogen) atoms. The minimum Gasteiger partial charge on any atom is -0.332 e. The summed E-state index contributed by atoms with van der Waals surface area (Å²) in [5, 5.41) is 8.02. The summed E-state index contributed by atoms with van der Waals surface area (Å²) in [6.45, 7) is 0.577. The van der Waals surface area contributed by atoms with Crippen molar-refractivity contribution in [3.63, 3.8) is 0 Å². The average molecular weight is 457 g/mol. The number of alkyl halides is 3. The average Bonchev–Trinajstić information content (AvgIpc) is 3.47. The van der Waals surface area contributed by atoms with Crippen LogP contribution in [0.5, 0.6) is 0 Å². The third kappa shape index (κ3) is 4.11. The van der Waals surface area contributed by atoms with E-state index in [-0.39, 0.29) is 29.4 Å². The van der Waals surface area contributed by atoms with Gasteiger partial charge >= 0.3 is 6.18 Å². The molecule has 1 saturated heterocycles. The predicted molar refractivity (Wildman–Crippen MR) is 117 cm³/mol. The van der Waals surface area contributed by atoms with Gasteiger partial charge in [-0.3, -0.25) is 9.20 Å². The van der Waals surface area contributed by atoms with Crippen molar-refractivity contribution in [2.75, 3.05) is 6.54 Å². The Kier molecular flexibility index (Phi) is 5.85. The molecule has 1 aliphatic carbocycles. The fourth-order valence-corrected chi connectivity index (χ4v) is 5.60. The molecule has 2 aliphatic rings. The highest BCUT2D eigenvalue weighted by molar-refractivity contribution is 5.84. The number of carbonyl (C=O) groups is 1.